The van der Waals surface area contributed by atoms with Crippen molar-refractivity contribution in [2.45, 2.75) is 12.6 Å². The first-order valence-corrected chi connectivity index (χ1v) is 11.7. The third kappa shape index (κ3) is 4.24. The first-order valence-electron chi connectivity index (χ1n) is 10.8. The molecule has 0 aliphatic carbocycles. The number of tetrazole rings is 1. The van der Waals surface area contributed by atoms with Gasteiger partial charge in [-0.25, -0.2) is 4.68 Å². The zero-order valence-electron chi connectivity index (χ0n) is 18.0. The Kier molecular flexibility index (Phi) is 6.13. The van der Waals surface area contributed by atoms with Crippen LogP contribution in [0.2, 0.25) is 0 Å². The van der Waals surface area contributed by atoms with Crippen LogP contribution in [0.4, 0.5) is 5.69 Å². The molecular formula is C24H26N6OS. The number of hydrogen-bond donors (Lipinski definition) is 0. The maximum atomic E-state index is 5.74. The normalized spacial score (nSPS) is 15.6. The van der Waals surface area contributed by atoms with Gasteiger partial charge in [-0.15, -0.1) is 16.4 Å². The lowest BCUT2D eigenvalue weighted by Crippen LogP contribution is -2.48. The summed E-state index contributed by atoms with van der Waals surface area (Å²) in [7, 11) is 1.72. The Bertz CT molecular complexity index is 1120. The summed E-state index contributed by atoms with van der Waals surface area (Å²) in [4.78, 5) is 6.13. The molecule has 0 N–H and O–H groups in total. The van der Waals surface area contributed by atoms with E-state index in [2.05, 4.69) is 85.3 Å². The molecule has 0 unspecified atom stereocenters. The van der Waals surface area contributed by atoms with Crippen molar-refractivity contribution >= 4 is 17.0 Å². The molecule has 4 aromatic rings. The van der Waals surface area contributed by atoms with Gasteiger partial charge in [0.1, 0.15) is 11.8 Å². The van der Waals surface area contributed by atoms with Crippen LogP contribution in [0.15, 0.2) is 72.1 Å². The summed E-state index contributed by atoms with van der Waals surface area (Å²) in [6.45, 7) is 4.37. The highest BCUT2D eigenvalue weighted by Gasteiger charge is 2.32. The molecule has 0 amide bonds. The summed E-state index contributed by atoms with van der Waals surface area (Å²) in [5.74, 6) is 1.70. The van der Waals surface area contributed by atoms with E-state index < -0.39 is 0 Å². The van der Waals surface area contributed by atoms with Crippen LogP contribution >= 0.6 is 11.3 Å². The number of benzene rings is 2. The van der Waals surface area contributed by atoms with Crippen LogP contribution in [0, 0.1) is 0 Å². The second-order valence-corrected chi connectivity index (χ2v) is 8.81. The van der Waals surface area contributed by atoms with Crippen LogP contribution < -0.4 is 9.64 Å². The summed E-state index contributed by atoms with van der Waals surface area (Å²) < 4.78 is 7.66. The number of aromatic nitrogens is 4. The average Bonchev–Trinajstić information content (AvgIpc) is 3.54. The standard InChI is InChI=1S/C24H26N6OS/c1-31-22-12-6-5-11-21(22)23(24-25-26-27-30(24)18-20-10-7-17-32-20)29-15-13-28(14-16-29)19-8-3-2-4-9-19/h2-12,17,23H,13-16,18H2,1H3/t23-/m1/s1. The van der Waals surface area contributed by atoms with Crippen LogP contribution in [0.25, 0.3) is 0 Å². The van der Waals surface area contributed by atoms with Crippen molar-refractivity contribution in [3.8, 4) is 5.75 Å². The van der Waals surface area contributed by atoms with Crippen molar-refractivity contribution in [3.05, 3.63) is 88.4 Å². The smallest absolute Gasteiger partial charge is 0.173 e. The van der Waals surface area contributed by atoms with Gasteiger partial charge in [-0.2, -0.15) is 0 Å². The number of thiophene rings is 1. The first-order chi connectivity index (χ1) is 15.8. The fourth-order valence-corrected chi connectivity index (χ4v) is 5.02. The molecule has 5 rings (SSSR count). The predicted octanol–water partition coefficient (Wildman–Crippen LogP) is 3.70. The van der Waals surface area contributed by atoms with E-state index in [0.717, 1.165) is 43.3 Å². The average molecular weight is 447 g/mol. The molecule has 3 heterocycles. The fraction of sp³-hybridized carbons (Fsp3) is 0.292. The topological polar surface area (TPSA) is 59.3 Å². The lowest BCUT2D eigenvalue weighted by atomic mass is 10.0. The van der Waals surface area contributed by atoms with Gasteiger partial charge < -0.3 is 9.64 Å². The number of methoxy groups -OCH3 is 1. The molecule has 1 saturated heterocycles. The number of anilines is 1. The lowest BCUT2D eigenvalue weighted by molar-refractivity contribution is 0.198. The number of rotatable bonds is 7. The van der Waals surface area contributed by atoms with Gasteiger partial charge in [-0.1, -0.05) is 42.5 Å². The fourth-order valence-electron chi connectivity index (χ4n) is 4.34. The van der Waals surface area contributed by atoms with E-state index in [4.69, 9.17) is 4.74 Å². The number of ether oxygens (including phenoxy) is 1. The van der Waals surface area contributed by atoms with Gasteiger partial charge in [0, 0.05) is 42.3 Å². The van der Waals surface area contributed by atoms with Gasteiger partial charge in [0.05, 0.1) is 13.7 Å². The van der Waals surface area contributed by atoms with Crippen LogP contribution in [0.5, 0.6) is 5.75 Å². The third-order valence-electron chi connectivity index (χ3n) is 5.92. The Morgan fingerprint density at radius 3 is 2.47 bits per heavy atom. The Balaban J connectivity index is 1.46. The van der Waals surface area contributed by atoms with Gasteiger partial charge >= 0.3 is 0 Å². The van der Waals surface area contributed by atoms with Gasteiger partial charge in [0.2, 0.25) is 0 Å². The summed E-state index contributed by atoms with van der Waals surface area (Å²) in [5.41, 5.74) is 2.36. The lowest BCUT2D eigenvalue weighted by Gasteiger charge is -2.40. The second-order valence-electron chi connectivity index (χ2n) is 7.78. The Morgan fingerprint density at radius 2 is 1.72 bits per heavy atom. The summed E-state index contributed by atoms with van der Waals surface area (Å²) in [6.07, 6.45) is 0. The van der Waals surface area contributed by atoms with Crippen LogP contribution in [0.3, 0.4) is 0 Å². The molecule has 1 fully saturated rings. The SMILES string of the molecule is COc1ccccc1[C@H](c1nnnn1Cc1cccs1)N1CCN(c2ccccc2)CC1. The van der Waals surface area contributed by atoms with Crippen molar-refractivity contribution in [2.24, 2.45) is 0 Å². The predicted molar refractivity (Wildman–Crippen MR) is 126 cm³/mol. The van der Waals surface area contributed by atoms with Crippen molar-refractivity contribution < 1.29 is 4.74 Å². The van der Waals surface area contributed by atoms with Gasteiger partial charge in [-0.05, 0) is 40.1 Å². The highest BCUT2D eigenvalue weighted by atomic mass is 32.1. The Morgan fingerprint density at radius 1 is 0.938 bits per heavy atom. The van der Waals surface area contributed by atoms with E-state index in [1.807, 2.05) is 16.8 Å². The Labute approximate surface area is 191 Å². The molecule has 8 heteroatoms. The molecule has 0 radical (unpaired) electrons. The molecule has 1 aliphatic rings. The highest BCUT2D eigenvalue weighted by molar-refractivity contribution is 7.09. The minimum absolute atomic E-state index is 0.0842. The van der Waals surface area contributed by atoms with E-state index in [1.54, 1.807) is 18.4 Å². The summed E-state index contributed by atoms with van der Waals surface area (Å²) in [5, 5.41) is 15.0. The molecular weight excluding hydrogens is 420 g/mol. The number of para-hydroxylation sites is 2. The molecule has 7 nitrogen and oxygen atoms in total. The molecule has 2 aromatic carbocycles. The maximum absolute atomic E-state index is 5.74. The van der Waals surface area contributed by atoms with Gasteiger partial charge in [0.15, 0.2) is 5.82 Å². The van der Waals surface area contributed by atoms with Crippen molar-refractivity contribution in [2.75, 3.05) is 38.2 Å². The number of piperazine rings is 1. The van der Waals surface area contributed by atoms with E-state index in [9.17, 15) is 0 Å². The molecule has 0 spiro atoms. The van der Waals surface area contributed by atoms with Crippen LogP contribution in [-0.4, -0.2) is 58.4 Å². The van der Waals surface area contributed by atoms with Gasteiger partial charge in [0.25, 0.3) is 0 Å². The monoisotopic (exact) mass is 446 g/mol. The zero-order valence-corrected chi connectivity index (χ0v) is 18.9. The Hall–Kier alpha value is -3.23. The molecule has 1 aliphatic heterocycles. The minimum atomic E-state index is -0.0842. The van der Waals surface area contributed by atoms with Crippen molar-refractivity contribution in [1.29, 1.82) is 0 Å². The second kappa shape index (κ2) is 9.50. The minimum Gasteiger partial charge on any atom is -0.496 e. The summed E-state index contributed by atoms with van der Waals surface area (Å²) in [6, 6.07) is 22.9. The number of hydrogen-bond acceptors (Lipinski definition) is 7. The van der Waals surface area contributed by atoms with E-state index in [1.165, 1.54) is 10.6 Å². The van der Waals surface area contributed by atoms with E-state index >= 15 is 0 Å². The quantitative estimate of drug-likeness (QED) is 0.431. The molecule has 32 heavy (non-hydrogen) atoms. The van der Waals surface area contributed by atoms with E-state index in [0.29, 0.717) is 6.54 Å². The van der Waals surface area contributed by atoms with E-state index in [-0.39, 0.29) is 6.04 Å². The highest BCUT2D eigenvalue weighted by Crippen LogP contribution is 2.34. The maximum Gasteiger partial charge on any atom is 0.173 e. The van der Waals surface area contributed by atoms with Crippen molar-refractivity contribution in [3.63, 3.8) is 0 Å². The molecule has 0 bridgehead atoms. The number of nitrogens with zero attached hydrogens (tertiary/aromatic N) is 6. The molecule has 164 valence electrons. The van der Waals surface area contributed by atoms with Crippen LogP contribution in [0.1, 0.15) is 22.3 Å². The summed E-state index contributed by atoms with van der Waals surface area (Å²) >= 11 is 1.72. The largest absolute Gasteiger partial charge is 0.496 e. The zero-order chi connectivity index (χ0) is 21.8. The molecule has 0 saturated carbocycles. The first kappa shape index (κ1) is 20.7. The van der Waals surface area contributed by atoms with Crippen LogP contribution in [-0.2, 0) is 6.54 Å². The van der Waals surface area contributed by atoms with Gasteiger partial charge in [-0.3, -0.25) is 4.90 Å². The van der Waals surface area contributed by atoms with Crippen molar-refractivity contribution in [1.82, 2.24) is 25.1 Å². The molecule has 1 atom stereocenters. The third-order valence-corrected chi connectivity index (χ3v) is 6.79. The molecule has 2 aromatic heterocycles.